The number of hydrogen-bond acceptors (Lipinski definition) is 11. The molecule has 12 nitrogen and oxygen atoms in total. The number of phenols is 1. The third-order valence-corrected chi connectivity index (χ3v) is 4.53. The summed E-state index contributed by atoms with van der Waals surface area (Å²) >= 11 is 0. The molecule has 12 heteroatoms. The summed E-state index contributed by atoms with van der Waals surface area (Å²) in [5.41, 5.74) is 9.73. The van der Waals surface area contributed by atoms with Crippen molar-refractivity contribution >= 4 is 29.1 Å². The largest absolute Gasteiger partial charge is 0.508 e. The molecule has 0 unspecified atom stereocenters. The van der Waals surface area contributed by atoms with Crippen molar-refractivity contribution < 1.29 is 25.2 Å². The van der Waals surface area contributed by atoms with E-state index in [1.54, 1.807) is 12.1 Å². The second kappa shape index (κ2) is 7.60. The van der Waals surface area contributed by atoms with E-state index in [4.69, 9.17) is 10.5 Å². The molecule has 0 aliphatic carbocycles. The highest BCUT2D eigenvalue weighted by molar-refractivity contribution is 5.84. The lowest BCUT2D eigenvalue weighted by Crippen LogP contribution is -2.33. The first kappa shape index (κ1) is 19.0. The Labute approximate surface area is 163 Å². The Morgan fingerprint density at radius 1 is 1.28 bits per heavy atom. The molecule has 1 aliphatic rings. The van der Waals surface area contributed by atoms with E-state index >= 15 is 0 Å². The van der Waals surface area contributed by atoms with Crippen LogP contribution in [-0.4, -0.2) is 71.1 Å². The molecular weight excluding hydrogens is 382 g/mol. The fourth-order valence-corrected chi connectivity index (χ4v) is 3.11. The van der Waals surface area contributed by atoms with Gasteiger partial charge in [0.1, 0.15) is 30.4 Å². The van der Waals surface area contributed by atoms with Crippen LogP contribution < -0.4 is 11.2 Å². The normalized spacial score (nSPS) is 24.5. The van der Waals surface area contributed by atoms with E-state index in [1.807, 2.05) is 0 Å². The minimum absolute atomic E-state index is 0.0933. The Morgan fingerprint density at radius 2 is 2.10 bits per heavy atom. The van der Waals surface area contributed by atoms with Gasteiger partial charge in [0.2, 0.25) is 5.95 Å². The molecule has 4 atom stereocenters. The number of aromatic hydroxyl groups is 1. The lowest BCUT2D eigenvalue weighted by molar-refractivity contribution is -0.0501. The van der Waals surface area contributed by atoms with Crippen molar-refractivity contribution in [1.29, 1.82) is 0 Å². The SMILES string of the molecule is Nc1ncnc2c1nc(NN=Cc1cccc(O)c1)n2[C@H]1O[C@@H](CO)[C@@H](O)[C@H]1O. The Bertz CT molecular complexity index is 1060. The van der Waals surface area contributed by atoms with Gasteiger partial charge in [-0.25, -0.2) is 20.4 Å². The van der Waals surface area contributed by atoms with Gasteiger partial charge in [-0.15, -0.1) is 0 Å². The molecule has 0 bridgehead atoms. The number of nitrogen functional groups attached to an aromatic ring is 1. The molecule has 1 aliphatic heterocycles. The van der Waals surface area contributed by atoms with Crippen LogP contribution in [0.3, 0.4) is 0 Å². The third-order valence-electron chi connectivity index (χ3n) is 4.53. The van der Waals surface area contributed by atoms with E-state index in [9.17, 15) is 20.4 Å². The topological polar surface area (TPSA) is 184 Å². The third kappa shape index (κ3) is 3.45. The standard InChI is InChI=1S/C17H19N7O5/c18-14-11-15(20-7-19-14)24(16-13(28)12(27)10(6-25)29-16)17(22-11)23-21-5-8-2-1-3-9(26)4-8/h1-5,7,10,12-13,16,25-28H,6H2,(H,22,23)(H2,18,19,20)/t10-,12+,13+,16-/m0/s1. The molecule has 2 aromatic heterocycles. The molecule has 0 amide bonds. The van der Waals surface area contributed by atoms with Crippen LogP contribution >= 0.6 is 0 Å². The lowest BCUT2D eigenvalue weighted by atomic mass is 10.1. The van der Waals surface area contributed by atoms with Crippen molar-refractivity contribution in [3.05, 3.63) is 36.2 Å². The number of anilines is 2. The number of imidazole rings is 1. The number of aliphatic hydroxyl groups is 3. The predicted molar refractivity (Wildman–Crippen MR) is 102 cm³/mol. The number of nitrogens with two attached hydrogens (primary N) is 1. The second-order valence-corrected chi connectivity index (χ2v) is 6.43. The van der Waals surface area contributed by atoms with Gasteiger partial charge in [-0.2, -0.15) is 5.10 Å². The molecule has 3 heterocycles. The Balaban J connectivity index is 1.72. The number of rotatable bonds is 5. The van der Waals surface area contributed by atoms with Crippen LogP contribution in [0.5, 0.6) is 5.75 Å². The number of nitrogens with one attached hydrogen (secondary N) is 1. The number of benzene rings is 1. The molecule has 1 saturated heterocycles. The van der Waals surface area contributed by atoms with Gasteiger partial charge >= 0.3 is 0 Å². The Kier molecular flexibility index (Phi) is 4.98. The Morgan fingerprint density at radius 3 is 2.83 bits per heavy atom. The first-order chi connectivity index (χ1) is 14.0. The van der Waals surface area contributed by atoms with Crippen LogP contribution in [0.4, 0.5) is 11.8 Å². The van der Waals surface area contributed by atoms with Crippen molar-refractivity contribution in [2.45, 2.75) is 24.5 Å². The van der Waals surface area contributed by atoms with Gasteiger partial charge in [0.05, 0.1) is 12.8 Å². The van der Waals surface area contributed by atoms with E-state index in [-0.39, 0.29) is 28.7 Å². The number of fused-ring (bicyclic) bond motifs is 1. The molecule has 152 valence electrons. The number of hydrogen-bond donors (Lipinski definition) is 6. The summed E-state index contributed by atoms with van der Waals surface area (Å²) in [4.78, 5) is 12.4. The van der Waals surface area contributed by atoms with Crippen LogP contribution in [0.1, 0.15) is 11.8 Å². The summed E-state index contributed by atoms with van der Waals surface area (Å²) in [7, 11) is 0. The lowest BCUT2D eigenvalue weighted by Gasteiger charge is -2.18. The number of ether oxygens (including phenoxy) is 1. The maximum absolute atomic E-state index is 10.4. The van der Waals surface area contributed by atoms with Gasteiger partial charge in [-0.1, -0.05) is 12.1 Å². The molecule has 0 radical (unpaired) electrons. The van der Waals surface area contributed by atoms with E-state index in [0.29, 0.717) is 5.56 Å². The summed E-state index contributed by atoms with van der Waals surface area (Å²) in [5.74, 6) is 0.328. The molecule has 0 saturated carbocycles. The number of phenolic OH excluding ortho intramolecular Hbond substituents is 1. The Hall–Kier alpha value is -3.32. The summed E-state index contributed by atoms with van der Waals surface area (Å²) in [5, 5.41) is 43.5. The number of aliphatic hydroxyl groups excluding tert-OH is 3. The fraction of sp³-hybridized carbons (Fsp3) is 0.294. The molecule has 7 N–H and O–H groups in total. The van der Waals surface area contributed by atoms with Gasteiger partial charge in [-0.3, -0.25) is 4.57 Å². The molecule has 3 aromatic rings. The van der Waals surface area contributed by atoms with Crippen molar-refractivity contribution in [3.8, 4) is 5.75 Å². The average molecular weight is 401 g/mol. The molecule has 1 fully saturated rings. The minimum atomic E-state index is -1.35. The van der Waals surface area contributed by atoms with Crippen LogP contribution in [0.25, 0.3) is 11.2 Å². The van der Waals surface area contributed by atoms with Crippen LogP contribution in [0.2, 0.25) is 0 Å². The van der Waals surface area contributed by atoms with Crippen molar-refractivity contribution in [3.63, 3.8) is 0 Å². The zero-order chi connectivity index (χ0) is 20.5. The number of aromatic nitrogens is 4. The zero-order valence-electron chi connectivity index (χ0n) is 15.0. The van der Waals surface area contributed by atoms with Crippen molar-refractivity contribution in [2.75, 3.05) is 17.8 Å². The zero-order valence-corrected chi connectivity index (χ0v) is 15.0. The summed E-state index contributed by atoms with van der Waals surface area (Å²) in [6.07, 6.45) is -2.04. The number of nitrogens with zero attached hydrogens (tertiary/aromatic N) is 5. The maximum Gasteiger partial charge on any atom is 0.228 e. The van der Waals surface area contributed by atoms with Crippen LogP contribution in [0.15, 0.2) is 35.7 Å². The summed E-state index contributed by atoms with van der Waals surface area (Å²) < 4.78 is 6.98. The molecule has 29 heavy (non-hydrogen) atoms. The first-order valence-corrected chi connectivity index (χ1v) is 8.68. The second-order valence-electron chi connectivity index (χ2n) is 6.43. The molecule has 4 rings (SSSR count). The minimum Gasteiger partial charge on any atom is -0.508 e. The first-order valence-electron chi connectivity index (χ1n) is 8.68. The molecule has 1 aromatic carbocycles. The fourth-order valence-electron chi connectivity index (χ4n) is 3.11. The van der Waals surface area contributed by atoms with E-state index in [1.165, 1.54) is 29.2 Å². The summed E-state index contributed by atoms with van der Waals surface area (Å²) in [6, 6.07) is 6.46. The van der Waals surface area contributed by atoms with Gasteiger partial charge in [0, 0.05) is 0 Å². The predicted octanol–water partition coefficient (Wildman–Crippen LogP) is -0.828. The van der Waals surface area contributed by atoms with Crippen LogP contribution in [0, 0.1) is 0 Å². The van der Waals surface area contributed by atoms with Crippen molar-refractivity contribution in [2.24, 2.45) is 5.10 Å². The molecule has 0 spiro atoms. The van der Waals surface area contributed by atoms with Gasteiger partial charge in [0.25, 0.3) is 0 Å². The van der Waals surface area contributed by atoms with E-state index < -0.39 is 31.1 Å². The molecular formula is C17H19N7O5. The highest BCUT2D eigenvalue weighted by Crippen LogP contribution is 2.35. The van der Waals surface area contributed by atoms with E-state index in [2.05, 4.69) is 25.5 Å². The highest BCUT2D eigenvalue weighted by atomic mass is 16.6. The average Bonchev–Trinajstić information content (AvgIpc) is 3.20. The number of hydrazone groups is 1. The van der Waals surface area contributed by atoms with Gasteiger partial charge in [-0.05, 0) is 17.7 Å². The highest BCUT2D eigenvalue weighted by Gasteiger charge is 2.45. The monoisotopic (exact) mass is 401 g/mol. The van der Waals surface area contributed by atoms with Crippen LogP contribution in [-0.2, 0) is 4.74 Å². The van der Waals surface area contributed by atoms with Gasteiger partial charge < -0.3 is 30.9 Å². The summed E-state index contributed by atoms with van der Waals surface area (Å²) in [6.45, 7) is -0.475. The van der Waals surface area contributed by atoms with Crippen molar-refractivity contribution in [1.82, 2.24) is 19.5 Å². The smallest absolute Gasteiger partial charge is 0.228 e. The maximum atomic E-state index is 10.4. The van der Waals surface area contributed by atoms with Gasteiger partial charge in [0.15, 0.2) is 23.2 Å². The quantitative estimate of drug-likeness (QED) is 0.233. The van der Waals surface area contributed by atoms with E-state index in [0.717, 1.165) is 0 Å².